The van der Waals surface area contributed by atoms with E-state index in [-0.39, 0.29) is 6.61 Å². The first-order valence-corrected chi connectivity index (χ1v) is 13.9. The van der Waals surface area contributed by atoms with Gasteiger partial charge in [-0.2, -0.15) is 0 Å². The Labute approximate surface area is 230 Å². The van der Waals surface area contributed by atoms with Crippen LogP contribution in [0.2, 0.25) is 0 Å². The van der Waals surface area contributed by atoms with Crippen LogP contribution in [-0.4, -0.2) is 86.7 Å². The van der Waals surface area contributed by atoms with Crippen molar-refractivity contribution in [1.29, 1.82) is 0 Å². The van der Waals surface area contributed by atoms with Gasteiger partial charge in [0.25, 0.3) is 0 Å². The molecule has 1 aliphatic rings. The Morgan fingerprint density at radius 1 is 0.921 bits per heavy atom. The molecule has 0 aromatic heterocycles. The quantitative estimate of drug-likeness (QED) is 0.292. The van der Waals surface area contributed by atoms with Gasteiger partial charge in [-0.3, -0.25) is 4.90 Å². The number of aliphatic hydroxyl groups excluding tert-OH is 2. The average molecular weight is 538 g/mol. The Balaban J connectivity index is 1.42. The predicted octanol–water partition coefficient (Wildman–Crippen LogP) is 4.48. The van der Waals surface area contributed by atoms with E-state index in [9.17, 15) is 10.2 Å². The lowest BCUT2D eigenvalue weighted by atomic mass is 10.1. The molecule has 8 heteroatoms. The highest BCUT2D eigenvalue weighted by Crippen LogP contribution is 2.47. The van der Waals surface area contributed by atoms with Crippen molar-refractivity contribution in [2.75, 3.05) is 65.5 Å². The summed E-state index contributed by atoms with van der Waals surface area (Å²) >= 11 is 1.76. The molecule has 3 aromatic rings. The van der Waals surface area contributed by atoms with Crippen LogP contribution in [0.15, 0.2) is 76.5 Å². The smallest absolute Gasteiger partial charge is 0.161 e. The fourth-order valence-electron chi connectivity index (χ4n) is 4.67. The van der Waals surface area contributed by atoms with Crippen molar-refractivity contribution in [3.05, 3.63) is 72.3 Å². The molecule has 1 heterocycles. The third-order valence-electron chi connectivity index (χ3n) is 6.45. The summed E-state index contributed by atoms with van der Waals surface area (Å²) in [4.78, 5) is 8.78. The number of para-hydroxylation sites is 2. The fraction of sp³-hybridized carbons (Fsp3) is 0.400. The van der Waals surface area contributed by atoms with E-state index in [1.54, 1.807) is 18.9 Å². The minimum absolute atomic E-state index is 0.0168. The van der Waals surface area contributed by atoms with Crippen molar-refractivity contribution in [1.82, 2.24) is 9.80 Å². The molecule has 0 spiro atoms. The number of anilines is 2. The molecular weight excluding hydrogens is 498 g/mol. The van der Waals surface area contributed by atoms with E-state index in [1.807, 2.05) is 56.6 Å². The second-order valence-corrected chi connectivity index (χ2v) is 10.8. The SMILES string of the molecule is COc1cc(CN(CCO)C[C@@H](O)CN2c3ccccc3Sc3ccccc32)ccc1OCCCN(C)C. The van der Waals surface area contributed by atoms with E-state index < -0.39 is 6.10 Å². The minimum atomic E-state index is -0.619. The molecule has 1 atom stereocenters. The standard InChI is InChI=1S/C30H39N3O4S/c1-31(2)15-8-18-37-27-14-13-23(19-28(27)36-3)20-32(16-17-34)21-24(35)22-33-25-9-4-6-11-29(25)38-30-12-7-5-10-26(30)33/h4-7,9-14,19,24,34-35H,8,15-18,20-22H2,1-3H3/t24-/m1/s1. The van der Waals surface area contributed by atoms with Gasteiger partial charge >= 0.3 is 0 Å². The zero-order valence-corrected chi connectivity index (χ0v) is 23.4. The van der Waals surface area contributed by atoms with E-state index in [0.29, 0.717) is 38.5 Å². The highest BCUT2D eigenvalue weighted by Gasteiger charge is 2.25. The van der Waals surface area contributed by atoms with Crippen LogP contribution in [0, 0.1) is 0 Å². The molecule has 0 amide bonds. The van der Waals surface area contributed by atoms with Crippen LogP contribution in [0.25, 0.3) is 0 Å². The zero-order chi connectivity index (χ0) is 26.9. The van der Waals surface area contributed by atoms with Crippen LogP contribution < -0.4 is 14.4 Å². The third kappa shape index (κ3) is 7.42. The summed E-state index contributed by atoms with van der Waals surface area (Å²) in [6, 6.07) is 22.6. The molecule has 0 saturated carbocycles. The molecule has 0 bridgehead atoms. The number of rotatable bonds is 14. The minimum Gasteiger partial charge on any atom is -0.493 e. The summed E-state index contributed by atoms with van der Waals surface area (Å²) in [7, 11) is 5.75. The fourth-order valence-corrected chi connectivity index (χ4v) is 5.77. The maximum absolute atomic E-state index is 11.2. The molecule has 0 radical (unpaired) electrons. The summed E-state index contributed by atoms with van der Waals surface area (Å²) in [5.41, 5.74) is 3.25. The maximum Gasteiger partial charge on any atom is 0.161 e. The highest BCUT2D eigenvalue weighted by molar-refractivity contribution is 7.99. The summed E-state index contributed by atoms with van der Waals surface area (Å²) in [6.45, 7) is 3.54. The number of ether oxygens (including phenoxy) is 2. The van der Waals surface area contributed by atoms with Crippen LogP contribution in [0.4, 0.5) is 11.4 Å². The van der Waals surface area contributed by atoms with Gasteiger partial charge in [-0.15, -0.1) is 0 Å². The normalized spacial score (nSPS) is 13.4. The van der Waals surface area contributed by atoms with Crippen molar-refractivity contribution in [2.24, 2.45) is 0 Å². The number of β-amino-alcohol motifs (C(OH)–C–C–N with tert-alkyl or cyclic N) is 1. The molecule has 1 aliphatic heterocycles. The Hall–Kier alpha value is -2.75. The Morgan fingerprint density at radius 3 is 2.24 bits per heavy atom. The van der Waals surface area contributed by atoms with Gasteiger partial charge in [0.05, 0.1) is 44.3 Å². The van der Waals surface area contributed by atoms with Gasteiger partial charge in [0.1, 0.15) is 0 Å². The Bertz CT molecular complexity index is 1130. The molecule has 0 unspecified atom stereocenters. The second-order valence-electron chi connectivity index (χ2n) is 9.75. The molecule has 7 nitrogen and oxygen atoms in total. The van der Waals surface area contributed by atoms with Crippen molar-refractivity contribution in [2.45, 2.75) is 28.9 Å². The zero-order valence-electron chi connectivity index (χ0n) is 22.5. The van der Waals surface area contributed by atoms with E-state index in [2.05, 4.69) is 39.0 Å². The number of hydrogen-bond donors (Lipinski definition) is 2. The number of benzene rings is 3. The summed E-state index contributed by atoms with van der Waals surface area (Å²) in [5, 5.41) is 20.9. The molecule has 2 N–H and O–H groups in total. The van der Waals surface area contributed by atoms with Gasteiger partial charge in [0.2, 0.25) is 0 Å². The van der Waals surface area contributed by atoms with Crippen molar-refractivity contribution in [3.8, 4) is 11.5 Å². The molecule has 3 aromatic carbocycles. The van der Waals surface area contributed by atoms with E-state index in [1.165, 1.54) is 9.79 Å². The van der Waals surface area contributed by atoms with Crippen LogP contribution >= 0.6 is 11.8 Å². The first-order chi connectivity index (χ1) is 18.5. The van der Waals surface area contributed by atoms with Crippen LogP contribution in [0.1, 0.15) is 12.0 Å². The van der Waals surface area contributed by atoms with E-state index in [0.717, 1.165) is 35.7 Å². The molecule has 0 aliphatic carbocycles. The molecule has 38 heavy (non-hydrogen) atoms. The van der Waals surface area contributed by atoms with Gasteiger partial charge < -0.3 is 29.5 Å². The van der Waals surface area contributed by atoms with E-state index in [4.69, 9.17) is 9.47 Å². The molecule has 0 saturated heterocycles. The summed E-state index contributed by atoms with van der Waals surface area (Å²) in [6.07, 6.45) is 0.317. The number of aliphatic hydroxyl groups is 2. The van der Waals surface area contributed by atoms with Crippen LogP contribution in [0.5, 0.6) is 11.5 Å². The van der Waals surface area contributed by atoms with Crippen molar-refractivity contribution >= 4 is 23.1 Å². The number of nitrogens with zero attached hydrogens (tertiary/aromatic N) is 3. The molecule has 204 valence electrons. The van der Waals surface area contributed by atoms with Gasteiger partial charge in [-0.1, -0.05) is 42.1 Å². The summed E-state index contributed by atoms with van der Waals surface area (Å²) < 4.78 is 11.5. The number of methoxy groups -OCH3 is 1. The van der Waals surface area contributed by atoms with Crippen LogP contribution in [-0.2, 0) is 6.54 Å². The molecule has 0 fully saturated rings. The van der Waals surface area contributed by atoms with Gasteiger partial charge in [-0.05, 0) is 62.5 Å². The van der Waals surface area contributed by atoms with Gasteiger partial charge in [0, 0.05) is 36.0 Å². The highest BCUT2D eigenvalue weighted by atomic mass is 32.2. The lowest BCUT2D eigenvalue weighted by Gasteiger charge is -2.35. The largest absolute Gasteiger partial charge is 0.493 e. The number of fused-ring (bicyclic) bond motifs is 2. The first kappa shape index (κ1) is 28.3. The predicted molar refractivity (Wildman–Crippen MR) is 154 cm³/mol. The lowest BCUT2D eigenvalue weighted by Crippen LogP contribution is -2.40. The van der Waals surface area contributed by atoms with Gasteiger partial charge in [-0.25, -0.2) is 0 Å². The molecular formula is C30H39N3O4S. The first-order valence-electron chi connectivity index (χ1n) is 13.1. The second kappa shape index (κ2) is 13.9. The lowest BCUT2D eigenvalue weighted by molar-refractivity contribution is 0.100. The Morgan fingerprint density at radius 2 is 1.61 bits per heavy atom. The van der Waals surface area contributed by atoms with Crippen LogP contribution in [0.3, 0.4) is 0 Å². The van der Waals surface area contributed by atoms with Crippen molar-refractivity contribution < 1.29 is 19.7 Å². The summed E-state index contributed by atoms with van der Waals surface area (Å²) in [5.74, 6) is 1.42. The average Bonchev–Trinajstić information content (AvgIpc) is 2.91. The molecule has 4 rings (SSSR count). The number of hydrogen-bond acceptors (Lipinski definition) is 8. The third-order valence-corrected chi connectivity index (χ3v) is 7.58. The topological polar surface area (TPSA) is 68.6 Å². The van der Waals surface area contributed by atoms with Crippen molar-refractivity contribution in [3.63, 3.8) is 0 Å². The van der Waals surface area contributed by atoms with Gasteiger partial charge in [0.15, 0.2) is 11.5 Å². The van der Waals surface area contributed by atoms with E-state index >= 15 is 0 Å². The maximum atomic E-state index is 11.2. The Kier molecular flexibility index (Phi) is 10.3. The monoisotopic (exact) mass is 537 g/mol.